The Bertz CT molecular complexity index is 1540. The van der Waals surface area contributed by atoms with Crippen LogP contribution in [0, 0.1) is 0 Å². The highest BCUT2D eigenvalue weighted by molar-refractivity contribution is 8.02. The first-order valence-electron chi connectivity index (χ1n) is 14.6. The second-order valence-electron chi connectivity index (χ2n) is 11.5. The highest BCUT2D eigenvalue weighted by Gasteiger charge is 2.52. The molecule has 1 aliphatic heterocycles. The number of carbonyl (C=O) groups is 5. The van der Waals surface area contributed by atoms with E-state index in [4.69, 9.17) is 14.2 Å². The number of thioether (sulfide) groups is 1. The maximum atomic E-state index is 13.7. The molecule has 1 heterocycles. The van der Waals surface area contributed by atoms with E-state index in [2.05, 4.69) is 10.6 Å². The van der Waals surface area contributed by atoms with Crippen molar-refractivity contribution in [3.05, 3.63) is 102 Å². The average Bonchev–Trinajstić information content (AvgIpc) is 3.44. The van der Waals surface area contributed by atoms with Crippen LogP contribution in [-0.2, 0) is 46.4 Å². The van der Waals surface area contributed by atoms with Gasteiger partial charge in [0.15, 0.2) is 5.37 Å². The van der Waals surface area contributed by atoms with E-state index in [0.29, 0.717) is 16.8 Å². The van der Waals surface area contributed by atoms with E-state index in [9.17, 15) is 24.0 Å². The van der Waals surface area contributed by atoms with Crippen molar-refractivity contribution in [2.45, 2.75) is 56.1 Å². The molecule has 242 valence electrons. The molecule has 2 N–H and O–H groups in total. The highest BCUT2D eigenvalue weighted by Crippen LogP contribution is 2.46. The molecule has 3 atom stereocenters. The van der Waals surface area contributed by atoms with Crippen LogP contribution in [0.3, 0.4) is 0 Å². The Labute approximate surface area is 272 Å². The van der Waals surface area contributed by atoms with Gasteiger partial charge >= 0.3 is 23.9 Å². The topological polar surface area (TPSA) is 140 Å². The van der Waals surface area contributed by atoms with Crippen molar-refractivity contribution in [1.82, 2.24) is 10.2 Å². The van der Waals surface area contributed by atoms with Crippen LogP contribution in [0.2, 0.25) is 0 Å². The van der Waals surface area contributed by atoms with E-state index in [0.717, 1.165) is 17.3 Å². The molecule has 1 aliphatic rings. The van der Waals surface area contributed by atoms with Crippen molar-refractivity contribution in [2.24, 2.45) is 0 Å². The van der Waals surface area contributed by atoms with Gasteiger partial charge in [-0.3, -0.25) is 14.4 Å². The predicted molar refractivity (Wildman–Crippen MR) is 172 cm³/mol. The van der Waals surface area contributed by atoms with Crippen molar-refractivity contribution >= 4 is 47.3 Å². The molecule has 0 aromatic heterocycles. The number of esters is 3. The van der Waals surface area contributed by atoms with E-state index in [1.165, 1.54) is 12.0 Å². The van der Waals surface area contributed by atoms with Gasteiger partial charge in [0.25, 0.3) is 0 Å². The lowest BCUT2D eigenvalue weighted by Gasteiger charge is -2.31. The minimum atomic E-state index is -1.16. The third-order valence-electron chi connectivity index (χ3n) is 6.76. The molecule has 3 aromatic carbocycles. The number of methoxy groups -OCH3 is 1. The molecule has 4 rings (SSSR count). The van der Waals surface area contributed by atoms with Gasteiger partial charge in [-0.15, -0.1) is 11.8 Å². The van der Waals surface area contributed by atoms with Crippen LogP contribution in [0.25, 0.3) is 0 Å². The minimum absolute atomic E-state index is 0.00335. The zero-order valence-electron chi connectivity index (χ0n) is 26.1. The van der Waals surface area contributed by atoms with Gasteiger partial charge in [-0.25, -0.2) is 9.59 Å². The summed E-state index contributed by atoms with van der Waals surface area (Å²) in [5.74, 6) is -2.31. The van der Waals surface area contributed by atoms with Gasteiger partial charge in [-0.05, 0) is 49.6 Å². The zero-order valence-corrected chi connectivity index (χ0v) is 26.9. The quantitative estimate of drug-likeness (QED) is 0.238. The summed E-state index contributed by atoms with van der Waals surface area (Å²) >= 11 is 0.967. The van der Waals surface area contributed by atoms with Crippen molar-refractivity contribution in [2.75, 3.05) is 19.0 Å². The molecule has 1 fully saturated rings. The number of amides is 3. The zero-order chi connectivity index (χ0) is 33.3. The Balaban J connectivity index is 1.43. The number of hydrogen-bond donors (Lipinski definition) is 2. The van der Waals surface area contributed by atoms with Gasteiger partial charge < -0.3 is 29.7 Å². The number of hydrogen-bond acceptors (Lipinski definition) is 9. The third kappa shape index (κ3) is 9.33. The summed E-state index contributed by atoms with van der Waals surface area (Å²) in [5.41, 5.74) is 1.67. The maximum absolute atomic E-state index is 13.7. The molecule has 0 unspecified atom stereocenters. The molecule has 46 heavy (non-hydrogen) atoms. The lowest BCUT2D eigenvalue weighted by atomic mass is 10.0. The number of anilines is 1. The molecule has 0 radical (unpaired) electrons. The van der Waals surface area contributed by atoms with Crippen LogP contribution in [-0.4, -0.2) is 64.6 Å². The summed E-state index contributed by atoms with van der Waals surface area (Å²) in [6, 6.07) is 23.3. The van der Waals surface area contributed by atoms with E-state index >= 15 is 0 Å². The number of benzene rings is 3. The first-order valence-corrected chi connectivity index (χ1v) is 15.5. The SMILES string of the molecule is COC(=O)[C@@H]1S[C@@H](C(=O)OC(C)(C)C)N(C(=O)CNC(=O)Nc2cccc(CC(=O)OCc3ccccc3)c2)[C@H]1c1ccccc1. The minimum Gasteiger partial charge on any atom is -0.468 e. The lowest BCUT2D eigenvalue weighted by Crippen LogP contribution is -2.48. The fraction of sp³-hybridized carbons (Fsp3) is 0.324. The van der Waals surface area contributed by atoms with Crippen molar-refractivity contribution in [1.29, 1.82) is 0 Å². The molecular weight excluding hydrogens is 610 g/mol. The predicted octanol–water partition coefficient (Wildman–Crippen LogP) is 4.62. The van der Waals surface area contributed by atoms with Crippen LogP contribution in [0.15, 0.2) is 84.9 Å². The smallest absolute Gasteiger partial charge is 0.340 e. The van der Waals surface area contributed by atoms with Crippen LogP contribution >= 0.6 is 11.8 Å². The van der Waals surface area contributed by atoms with Crippen LogP contribution in [0.1, 0.15) is 43.5 Å². The van der Waals surface area contributed by atoms with E-state index in [1.807, 2.05) is 30.3 Å². The summed E-state index contributed by atoms with van der Waals surface area (Å²) < 4.78 is 16.0. The normalized spacial score (nSPS) is 17.5. The summed E-state index contributed by atoms with van der Waals surface area (Å²) in [6.45, 7) is 4.80. The molecule has 0 bridgehead atoms. The number of ether oxygens (including phenoxy) is 3. The van der Waals surface area contributed by atoms with Crippen molar-refractivity contribution < 1.29 is 38.2 Å². The van der Waals surface area contributed by atoms with Gasteiger partial charge in [0, 0.05) is 5.69 Å². The number of urea groups is 1. The summed E-state index contributed by atoms with van der Waals surface area (Å²) in [5, 5.41) is 3.12. The van der Waals surface area contributed by atoms with E-state index < -0.39 is 58.7 Å². The first kappa shape index (κ1) is 34.0. The third-order valence-corrected chi connectivity index (χ3v) is 8.18. The van der Waals surface area contributed by atoms with Gasteiger partial charge in [0.1, 0.15) is 17.5 Å². The number of nitrogens with one attached hydrogen (secondary N) is 2. The monoisotopic (exact) mass is 647 g/mol. The van der Waals surface area contributed by atoms with Crippen LogP contribution in [0.4, 0.5) is 10.5 Å². The lowest BCUT2D eigenvalue weighted by molar-refractivity contribution is -0.161. The largest absolute Gasteiger partial charge is 0.468 e. The molecule has 0 aliphatic carbocycles. The molecular formula is C34H37N3O8S. The maximum Gasteiger partial charge on any atom is 0.340 e. The number of nitrogens with zero attached hydrogens (tertiary/aromatic N) is 1. The Hall–Kier alpha value is -4.84. The summed E-state index contributed by atoms with van der Waals surface area (Å²) in [6.07, 6.45) is 0.00335. The summed E-state index contributed by atoms with van der Waals surface area (Å²) in [4.78, 5) is 66.3. The van der Waals surface area contributed by atoms with E-state index in [1.54, 1.807) is 75.4 Å². The Morgan fingerprint density at radius 1 is 0.848 bits per heavy atom. The van der Waals surface area contributed by atoms with Crippen LogP contribution in [0.5, 0.6) is 0 Å². The first-order chi connectivity index (χ1) is 21.9. The Morgan fingerprint density at radius 2 is 1.50 bits per heavy atom. The van der Waals surface area contributed by atoms with Gasteiger partial charge in [0.05, 0.1) is 26.1 Å². The van der Waals surface area contributed by atoms with Crippen molar-refractivity contribution in [3.8, 4) is 0 Å². The highest BCUT2D eigenvalue weighted by atomic mass is 32.2. The molecule has 3 amide bonds. The molecule has 3 aromatic rings. The van der Waals surface area contributed by atoms with E-state index in [-0.39, 0.29) is 13.0 Å². The number of carbonyl (C=O) groups excluding carboxylic acids is 5. The van der Waals surface area contributed by atoms with Gasteiger partial charge in [-0.2, -0.15) is 0 Å². The second kappa shape index (κ2) is 15.4. The average molecular weight is 648 g/mol. The van der Waals surface area contributed by atoms with Gasteiger partial charge in [0.2, 0.25) is 5.91 Å². The number of rotatable bonds is 10. The molecule has 11 nitrogen and oxygen atoms in total. The molecule has 12 heteroatoms. The fourth-order valence-electron chi connectivity index (χ4n) is 4.80. The Kier molecular flexibility index (Phi) is 11.4. The molecule has 1 saturated heterocycles. The second-order valence-corrected chi connectivity index (χ2v) is 12.7. The fourth-order valence-corrected chi connectivity index (χ4v) is 6.26. The molecule has 0 saturated carbocycles. The molecule has 0 spiro atoms. The Morgan fingerprint density at radius 3 is 2.15 bits per heavy atom. The van der Waals surface area contributed by atoms with Crippen molar-refractivity contribution in [3.63, 3.8) is 0 Å². The van der Waals surface area contributed by atoms with Gasteiger partial charge in [-0.1, -0.05) is 72.8 Å². The standard InChI is InChI=1S/C34H37N3O8S/c1-34(2,3)45-32(41)30-37(28(24-15-9-6-10-16-24)29(46-30)31(40)43-4)26(38)20-35-33(42)36-25-17-11-14-23(18-25)19-27(39)44-21-22-12-7-5-8-13-22/h5-18,28-30H,19-21H2,1-4H3,(H2,35,36,42)/t28-,29+,30-/m0/s1. The van der Waals surface area contributed by atoms with Crippen LogP contribution < -0.4 is 10.6 Å². The summed E-state index contributed by atoms with van der Waals surface area (Å²) in [7, 11) is 1.24.